The molecule has 0 heterocycles. The van der Waals surface area contributed by atoms with Crippen LogP contribution in [0.3, 0.4) is 0 Å². The predicted octanol–water partition coefficient (Wildman–Crippen LogP) is 3.38. The van der Waals surface area contributed by atoms with Crippen LogP contribution in [-0.2, 0) is 0 Å². The first-order chi connectivity index (χ1) is 8.60. The van der Waals surface area contributed by atoms with Crippen molar-refractivity contribution in [2.75, 3.05) is 5.73 Å². The van der Waals surface area contributed by atoms with E-state index in [1.54, 1.807) is 31.2 Å². The Morgan fingerprint density at radius 2 is 2.00 bits per heavy atom. The van der Waals surface area contributed by atoms with Gasteiger partial charge < -0.3 is 10.5 Å². The Hall–Kier alpha value is -2.54. The topological polar surface area (TPSA) is 59.0 Å². The lowest BCUT2D eigenvalue weighted by molar-refractivity contribution is 0.442. The maximum absolute atomic E-state index is 13.5. The fourth-order valence-electron chi connectivity index (χ4n) is 1.55. The second-order valence-electron chi connectivity index (χ2n) is 3.88. The van der Waals surface area contributed by atoms with Crippen LogP contribution in [0, 0.1) is 24.1 Å². The molecule has 0 spiro atoms. The number of benzene rings is 2. The normalized spacial score (nSPS) is 9.83. The zero-order valence-electron chi connectivity index (χ0n) is 9.77. The van der Waals surface area contributed by atoms with Crippen molar-refractivity contribution >= 4 is 5.69 Å². The molecule has 0 fully saturated rings. The third-order valence-electron chi connectivity index (χ3n) is 2.50. The molecule has 2 N–H and O–H groups in total. The van der Waals surface area contributed by atoms with E-state index in [0.717, 1.165) is 5.56 Å². The second-order valence-corrected chi connectivity index (χ2v) is 3.88. The molecule has 0 saturated heterocycles. The van der Waals surface area contributed by atoms with E-state index in [1.165, 1.54) is 12.1 Å². The number of anilines is 1. The van der Waals surface area contributed by atoms with Crippen LogP contribution in [0.4, 0.5) is 10.1 Å². The molecule has 0 aliphatic heterocycles. The first-order valence-electron chi connectivity index (χ1n) is 5.34. The van der Waals surface area contributed by atoms with Crippen LogP contribution in [0.2, 0.25) is 0 Å². The number of nitriles is 1. The van der Waals surface area contributed by atoms with Gasteiger partial charge in [-0.05, 0) is 42.8 Å². The van der Waals surface area contributed by atoms with Gasteiger partial charge in [-0.2, -0.15) is 5.26 Å². The quantitative estimate of drug-likeness (QED) is 0.821. The molecule has 2 aromatic rings. The lowest BCUT2D eigenvalue weighted by Gasteiger charge is -2.08. The van der Waals surface area contributed by atoms with Gasteiger partial charge in [0.2, 0.25) is 0 Å². The van der Waals surface area contributed by atoms with E-state index in [9.17, 15) is 4.39 Å². The molecule has 0 aromatic heterocycles. The molecular weight excluding hydrogens is 231 g/mol. The maximum atomic E-state index is 13.5. The Balaban J connectivity index is 2.29. The molecule has 0 aliphatic carbocycles. The van der Waals surface area contributed by atoms with Crippen molar-refractivity contribution in [3.05, 3.63) is 53.3 Å². The largest absolute Gasteiger partial charge is 0.454 e. The van der Waals surface area contributed by atoms with E-state index in [4.69, 9.17) is 15.7 Å². The molecule has 0 radical (unpaired) electrons. The average molecular weight is 242 g/mol. The Kier molecular flexibility index (Phi) is 3.16. The van der Waals surface area contributed by atoms with Gasteiger partial charge in [-0.15, -0.1) is 0 Å². The number of aryl methyl sites for hydroxylation is 1. The molecule has 0 atom stereocenters. The highest BCUT2D eigenvalue weighted by Gasteiger charge is 2.06. The highest BCUT2D eigenvalue weighted by molar-refractivity contribution is 5.46. The summed E-state index contributed by atoms with van der Waals surface area (Å²) in [6.45, 7) is 1.80. The number of hydrogen-bond donors (Lipinski definition) is 1. The average Bonchev–Trinajstić information content (AvgIpc) is 2.33. The highest BCUT2D eigenvalue weighted by Crippen LogP contribution is 2.27. The number of ether oxygens (including phenoxy) is 1. The van der Waals surface area contributed by atoms with Gasteiger partial charge in [0, 0.05) is 11.8 Å². The molecule has 0 aliphatic rings. The highest BCUT2D eigenvalue weighted by atomic mass is 19.1. The van der Waals surface area contributed by atoms with E-state index >= 15 is 0 Å². The van der Waals surface area contributed by atoms with Gasteiger partial charge in [0.05, 0.1) is 11.6 Å². The standard InChI is InChI=1S/C14H11FN2O/c1-9-6-12(4-2-10(9)8-16)18-14-5-3-11(17)7-13(14)15/h2-7H,17H2,1H3. The molecule has 0 unspecified atom stereocenters. The van der Waals surface area contributed by atoms with Crippen molar-refractivity contribution in [1.29, 1.82) is 5.26 Å². The Bertz CT molecular complexity index is 632. The molecule has 18 heavy (non-hydrogen) atoms. The zero-order valence-corrected chi connectivity index (χ0v) is 9.77. The van der Waals surface area contributed by atoms with E-state index in [-0.39, 0.29) is 5.75 Å². The van der Waals surface area contributed by atoms with Crippen molar-refractivity contribution in [3.8, 4) is 17.6 Å². The van der Waals surface area contributed by atoms with Crippen molar-refractivity contribution in [3.63, 3.8) is 0 Å². The summed E-state index contributed by atoms with van der Waals surface area (Å²) in [6.07, 6.45) is 0. The van der Waals surface area contributed by atoms with E-state index in [1.807, 2.05) is 0 Å². The summed E-state index contributed by atoms with van der Waals surface area (Å²) in [5.41, 5.74) is 7.15. The van der Waals surface area contributed by atoms with Crippen molar-refractivity contribution in [2.24, 2.45) is 0 Å². The molecule has 3 nitrogen and oxygen atoms in total. The minimum Gasteiger partial charge on any atom is -0.454 e. The van der Waals surface area contributed by atoms with Gasteiger partial charge in [-0.1, -0.05) is 0 Å². The molecule has 0 bridgehead atoms. The Morgan fingerprint density at radius 3 is 2.61 bits per heavy atom. The van der Waals surface area contributed by atoms with Gasteiger partial charge >= 0.3 is 0 Å². The van der Waals surface area contributed by atoms with Gasteiger partial charge in [0.1, 0.15) is 5.75 Å². The predicted molar refractivity (Wildman–Crippen MR) is 66.8 cm³/mol. The van der Waals surface area contributed by atoms with Gasteiger partial charge in [0.25, 0.3) is 0 Å². The zero-order chi connectivity index (χ0) is 13.1. The number of halogens is 1. The lowest BCUT2D eigenvalue weighted by Crippen LogP contribution is -1.92. The summed E-state index contributed by atoms with van der Waals surface area (Å²) < 4.78 is 18.9. The third kappa shape index (κ3) is 2.41. The van der Waals surface area contributed by atoms with Gasteiger partial charge in [-0.25, -0.2) is 4.39 Å². The number of rotatable bonds is 2. The molecule has 2 rings (SSSR count). The summed E-state index contributed by atoms with van der Waals surface area (Å²) >= 11 is 0. The van der Waals surface area contributed by atoms with Crippen LogP contribution in [0.15, 0.2) is 36.4 Å². The number of hydrogen-bond acceptors (Lipinski definition) is 3. The Morgan fingerprint density at radius 1 is 1.22 bits per heavy atom. The third-order valence-corrected chi connectivity index (χ3v) is 2.50. The fourth-order valence-corrected chi connectivity index (χ4v) is 1.55. The van der Waals surface area contributed by atoms with Crippen LogP contribution in [-0.4, -0.2) is 0 Å². The van der Waals surface area contributed by atoms with Gasteiger partial charge in [-0.3, -0.25) is 0 Å². The summed E-state index contributed by atoms with van der Waals surface area (Å²) in [7, 11) is 0. The molecule has 0 amide bonds. The Labute approximate surface area is 104 Å². The first-order valence-corrected chi connectivity index (χ1v) is 5.34. The van der Waals surface area contributed by atoms with E-state index in [0.29, 0.717) is 17.0 Å². The van der Waals surface area contributed by atoms with Crippen molar-refractivity contribution in [2.45, 2.75) is 6.92 Å². The summed E-state index contributed by atoms with van der Waals surface area (Å²) in [6, 6.07) is 11.2. The molecule has 0 saturated carbocycles. The van der Waals surface area contributed by atoms with E-state index in [2.05, 4.69) is 6.07 Å². The molecule has 2 aromatic carbocycles. The molecular formula is C14H11FN2O. The smallest absolute Gasteiger partial charge is 0.167 e. The van der Waals surface area contributed by atoms with Crippen molar-refractivity contribution in [1.82, 2.24) is 0 Å². The number of nitrogen functional groups attached to an aromatic ring is 1. The van der Waals surface area contributed by atoms with Crippen molar-refractivity contribution < 1.29 is 9.13 Å². The lowest BCUT2D eigenvalue weighted by atomic mass is 10.1. The van der Waals surface area contributed by atoms with Gasteiger partial charge in [0.15, 0.2) is 11.6 Å². The van der Waals surface area contributed by atoms with Crippen LogP contribution in [0.25, 0.3) is 0 Å². The fraction of sp³-hybridized carbons (Fsp3) is 0.0714. The summed E-state index contributed by atoms with van der Waals surface area (Å²) in [5.74, 6) is 0.0699. The SMILES string of the molecule is Cc1cc(Oc2ccc(N)cc2F)ccc1C#N. The van der Waals surface area contributed by atoms with Crippen LogP contribution in [0.5, 0.6) is 11.5 Å². The molecule has 4 heteroatoms. The minimum atomic E-state index is -0.517. The summed E-state index contributed by atoms with van der Waals surface area (Å²) in [5, 5.41) is 8.81. The number of nitrogens with zero attached hydrogens (tertiary/aromatic N) is 1. The second kappa shape index (κ2) is 4.76. The molecule has 90 valence electrons. The minimum absolute atomic E-state index is 0.105. The van der Waals surface area contributed by atoms with Crippen LogP contribution >= 0.6 is 0 Å². The van der Waals surface area contributed by atoms with E-state index < -0.39 is 5.82 Å². The summed E-state index contributed by atoms with van der Waals surface area (Å²) in [4.78, 5) is 0. The van der Waals surface area contributed by atoms with Crippen LogP contribution < -0.4 is 10.5 Å². The maximum Gasteiger partial charge on any atom is 0.167 e. The number of nitrogens with two attached hydrogens (primary N) is 1. The monoisotopic (exact) mass is 242 g/mol. The van der Waals surface area contributed by atoms with Crippen LogP contribution in [0.1, 0.15) is 11.1 Å². The first kappa shape index (κ1) is 11.9.